The van der Waals surface area contributed by atoms with Crippen LogP contribution in [0.25, 0.3) is 0 Å². The number of unbranched alkanes of at least 4 members (excludes halogenated alkanes) is 2. The third kappa shape index (κ3) is 2.85. The molecule has 0 aromatic carbocycles. The van der Waals surface area contributed by atoms with Crippen molar-refractivity contribution in [2.24, 2.45) is 0 Å². The molecule has 98 valence electrons. The molecule has 0 unspecified atom stereocenters. The minimum Gasteiger partial charge on any atom is -0.396 e. The van der Waals surface area contributed by atoms with Crippen LogP contribution in [0.15, 0.2) is 6.20 Å². The van der Waals surface area contributed by atoms with Gasteiger partial charge in [-0.05, 0) is 26.2 Å². The number of aliphatic hydroxyl groups excluding tert-OH is 1. The highest BCUT2D eigenvalue weighted by Crippen LogP contribution is 2.24. The van der Waals surface area contributed by atoms with E-state index in [1.807, 2.05) is 6.92 Å². The Hall–Kier alpha value is -1.49. The summed E-state index contributed by atoms with van der Waals surface area (Å²) in [4.78, 5) is 22.4. The van der Waals surface area contributed by atoms with Gasteiger partial charge in [0, 0.05) is 32.3 Å². The third-order valence-electron chi connectivity index (χ3n) is 3.18. The van der Waals surface area contributed by atoms with Crippen LogP contribution in [0.3, 0.4) is 0 Å². The Morgan fingerprint density at radius 2 is 2.22 bits per heavy atom. The Morgan fingerprint density at radius 3 is 3.00 bits per heavy atom. The summed E-state index contributed by atoms with van der Waals surface area (Å²) >= 11 is 0. The van der Waals surface area contributed by atoms with Gasteiger partial charge in [-0.1, -0.05) is 0 Å². The Bertz CT molecular complexity index is 434. The third-order valence-corrected chi connectivity index (χ3v) is 3.18. The van der Waals surface area contributed by atoms with Gasteiger partial charge in [0.05, 0.1) is 5.56 Å². The van der Waals surface area contributed by atoms with Crippen LogP contribution in [0.5, 0.6) is 0 Å². The number of fused-ring (bicyclic) bond motifs is 1. The molecule has 2 rings (SSSR count). The van der Waals surface area contributed by atoms with Gasteiger partial charge in [0.25, 0.3) is 0 Å². The quantitative estimate of drug-likeness (QED) is 0.798. The molecule has 1 aromatic heterocycles. The lowest BCUT2D eigenvalue weighted by Crippen LogP contribution is -2.34. The fraction of sp³-hybridized carbons (Fsp3) is 0.615. The fourth-order valence-corrected chi connectivity index (χ4v) is 2.18. The van der Waals surface area contributed by atoms with E-state index in [9.17, 15) is 4.79 Å². The number of nitrogens with zero attached hydrogens (tertiary/aromatic N) is 3. The summed E-state index contributed by atoms with van der Waals surface area (Å²) in [7, 11) is 0. The van der Waals surface area contributed by atoms with Crippen molar-refractivity contribution in [3.05, 3.63) is 17.6 Å². The second-order valence-electron chi connectivity index (χ2n) is 4.60. The van der Waals surface area contributed by atoms with Crippen molar-refractivity contribution >= 4 is 11.6 Å². The maximum absolute atomic E-state index is 11.8. The van der Waals surface area contributed by atoms with Crippen molar-refractivity contribution in [3.8, 4) is 0 Å². The van der Waals surface area contributed by atoms with Crippen LogP contribution in [0.2, 0.25) is 0 Å². The topological polar surface area (TPSA) is 66.3 Å². The van der Waals surface area contributed by atoms with E-state index in [2.05, 4.69) is 14.9 Å². The summed E-state index contributed by atoms with van der Waals surface area (Å²) in [6.45, 7) is 3.71. The molecule has 0 spiro atoms. The molecule has 5 nitrogen and oxygen atoms in total. The zero-order valence-corrected chi connectivity index (χ0v) is 10.7. The number of hydrogen-bond donors (Lipinski definition) is 1. The fourth-order valence-electron chi connectivity index (χ4n) is 2.18. The van der Waals surface area contributed by atoms with Gasteiger partial charge in [0.15, 0.2) is 5.78 Å². The Kier molecular flexibility index (Phi) is 4.25. The molecule has 1 aliphatic heterocycles. The number of aryl methyl sites for hydroxylation is 1. The first-order valence-corrected chi connectivity index (χ1v) is 6.45. The van der Waals surface area contributed by atoms with E-state index in [1.165, 1.54) is 0 Å². The molecule has 2 heterocycles. The lowest BCUT2D eigenvalue weighted by Gasteiger charge is -2.29. The molecule has 0 aliphatic carbocycles. The average Bonchev–Trinajstić information content (AvgIpc) is 2.37. The van der Waals surface area contributed by atoms with Crippen LogP contribution in [0, 0.1) is 6.92 Å². The first kappa shape index (κ1) is 13.0. The Labute approximate surface area is 107 Å². The highest BCUT2D eigenvalue weighted by atomic mass is 16.2. The van der Waals surface area contributed by atoms with Crippen molar-refractivity contribution in [3.63, 3.8) is 0 Å². The molecule has 0 atom stereocenters. The van der Waals surface area contributed by atoms with Gasteiger partial charge in [-0.3, -0.25) is 4.79 Å². The smallest absolute Gasteiger partial charge is 0.169 e. The zero-order chi connectivity index (χ0) is 13.0. The van der Waals surface area contributed by atoms with Crippen molar-refractivity contribution in [1.82, 2.24) is 9.97 Å². The number of aromatic nitrogens is 2. The summed E-state index contributed by atoms with van der Waals surface area (Å²) in [6, 6.07) is 0. The van der Waals surface area contributed by atoms with Gasteiger partial charge in [0.2, 0.25) is 0 Å². The number of hydrogen-bond acceptors (Lipinski definition) is 5. The number of carbonyl (C=O) groups is 1. The number of aliphatic hydroxyl groups is 1. The van der Waals surface area contributed by atoms with Crippen LogP contribution >= 0.6 is 0 Å². The van der Waals surface area contributed by atoms with E-state index in [4.69, 9.17) is 5.11 Å². The van der Waals surface area contributed by atoms with Gasteiger partial charge in [-0.15, -0.1) is 0 Å². The van der Waals surface area contributed by atoms with E-state index >= 15 is 0 Å². The first-order chi connectivity index (χ1) is 8.72. The maximum Gasteiger partial charge on any atom is 0.169 e. The minimum absolute atomic E-state index is 0.136. The first-order valence-electron chi connectivity index (χ1n) is 6.45. The lowest BCUT2D eigenvalue weighted by atomic mass is 10.1. The highest BCUT2D eigenvalue weighted by Gasteiger charge is 2.24. The van der Waals surface area contributed by atoms with Gasteiger partial charge < -0.3 is 10.0 Å². The van der Waals surface area contributed by atoms with Crippen LogP contribution in [0.1, 0.15) is 41.9 Å². The number of anilines is 1. The Morgan fingerprint density at radius 1 is 1.39 bits per heavy atom. The molecule has 0 fully saturated rings. The molecule has 18 heavy (non-hydrogen) atoms. The lowest BCUT2D eigenvalue weighted by molar-refractivity contribution is 0.0979. The van der Waals surface area contributed by atoms with Gasteiger partial charge >= 0.3 is 0 Å². The summed E-state index contributed by atoms with van der Waals surface area (Å²) < 4.78 is 0. The molecule has 0 saturated carbocycles. The van der Waals surface area contributed by atoms with E-state index in [0.29, 0.717) is 17.8 Å². The van der Waals surface area contributed by atoms with Crippen molar-refractivity contribution in [1.29, 1.82) is 0 Å². The van der Waals surface area contributed by atoms with Crippen LogP contribution < -0.4 is 4.90 Å². The second kappa shape index (κ2) is 5.91. The number of rotatable bonds is 5. The molecular formula is C13H19N3O2. The van der Waals surface area contributed by atoms with Crippen LogP contribution in [-0.2, 0) is 0 Å². The van der Waals surface area contributed by atoms with E-state index in [1.54, 1.807) is 6.20 Å². The van der Waals surface area contributed by atoms with Crippen LogP contribution in [-0.4, -0.2) is 40.6 Å². The van der Waals surface area contributed by atoms with Crippen molar-refractivity contribution < 1.29 is 9.90 Å². The number of carbonyl (C=O) groups excluding carboxylic acids is 1. The van der Waals surface area contributed by atoms with Gasteiger partial charge in [-0.2, -0.15) is 0 Å². The molecule has 1 aliphatic rings. The molecule has 0 amide bonds. The van der Waals surface area contributed by atoms with Gasteiger partial charge in [-0.25, -0.2) is 9.97 Å². The number of Topliss-reactive ketones (excluding diaryl/α,β-unsaturated/α-hetero) is 1. The Balaban J connectivity index is 2.08. The molecule has 5 heteroatoms. The normalized spacial score (nSPS) is 14.8. The molecule has 1 N–H and O–H groups in total. The molecule has 1 aromatic rings. The van der Waals surface area contributed by atoms with Crippen molar-refractivity contribution in [2.75, 3.05) is 24.6 Å². The van der Waals surface area contributed by atoms with Crippen molar-refractivity contribution in [2.45, 2.75) is 32.6 Å². The van der Waals surface area contributed by atoms with E-state index < -0.39 is 0 Å². The average molecular weight is 249 g/mol. The largest absolute Gasteiger partial charge is 0.396 e. The standard InChI is InChI=1S/C13H19N3O2/c1-10-14-9-11-12(18)5-7-16(13(11)15-10)6-3-2-4-8-17/h9,17H,2-8H2,1H3. The summed E-state index contributed by atoms with van der Waals surface area (Å²) in [5, 5.41) is 8.75. The van der Waals surface area contributed by atoms with Gasteiger partial charge in [0.1, 0.15) is 11.6 Å². The zero-order valence-electron chi connectivity index (χ0n) is 10.7. The second-order valence-corrected chi connectivity index (χ2v) is 4.60. The molecule has 0 bridgehead atoms. The number of ketones is 1. The van der Waals surface area contributed by atoms with E-state index in [0.717, 1.165) is 38.2 Å². The molecule has 0 saturated heterocycles. The monoisotopic (exact) mass is 249 g/mol. The van der Waals surface area contributed by atoms with E-state index in [-0.39, 0.29) is 12.4 Å². The summed E-state index contributed by atoms with van der Waals surface area (Å²) in [6.07, 6.45) is 5.03. The minimum atomic E-state index is 0.136. The summed E-state index contributed by atoms with van der Waals surface area (Å²) in [5.41, 5.74) is 0.647. The maximum atomic E-state index is 11.8. The SMILES string of the molecule is Cc1ncc2c(n1)N(CCCCCO)CCC2=O. The predicted molar refractivity (Wildman–Crippen MR) is 68.9 cm³/mol. The van der Waals surface area contributed by atoms with Crippen LogP contribution in [0.4, 0.5) is 5.82 Å². The highest BCUT2D eigenvalue weighted by molar-refractivity contribution is 6.02. The summed E-state index contributed by atoms with van der Waals surface area (Å²) in [5.74, 6) is 1.61. The molecule has 0 radical (unpaired) electrons. The predicted octanol–water partition coefficient (Wildman–Crippen LogP) is 1.34. The molecular weight excluding hydrogens is 230 g/mol.